The molecule has 0 aliphatic heterocycles. The fourth-order valence-electron chi connectivity index (χ4n) is 1.71. The number of hydrogen-bond donors (Lipinski definition) is 0. The van der Waals surface area contributed by atoms with Crippen LogP contribution >= 0.6 is 11.6 Å². The minimum absolute atomic E-state index is 0.233. The van der Waals surface area contributed by atoms with Gasteiger partial charge in [0.1, 0.15) is 16.6 Å². The van der Waals surface area contributed by atoms with E-state index in [4.69, 9.17) is 21.1 Å². The third-order valence-electron chi connectivity index (χ3n) is 2.66. The van der Waals surface area contributed by atoms with E-state index in [0.29, 0.717) is 17.5 Å². The van der Waals surface area contributed by atoms with E-state index in [2.05, 4.69) is 5.10 Å². The van der Waals surface area contributed by atoms with Gasteiger partial charge in [0.25, 0.3) is 0 Å². The Bertz CT molecular complexity index is 578. The lowest BCUT2D eigenvalue weighted by Gasteiger charge is -2.04. The van der Waals surface area contributed by atoms with E-state index in [1.807, 2.05) is 12.1 Å². The highest BCUT2D eigenvalue weighted by Crippen LogP contribution is 2.24. The summed E-state index contributed by atoms with van der Waals surface area (Å²) in [5.41, 5.74) is 1.61. The van der Waals surface area contributed by atoms with Crippen LogP contribution in [0, 0.1) is 0 Å². The van der Waals surface area contributed by atoms with E-state index >= 15 is 0 Å². The number of rotatable bonds is 5. The average molecular weight is 281 g/mol. The molecule has 1 aromatic carbocycles. The van der Waals surface area contributed by atoms with Gasteiger partial charge in [-0.3, -0.25) is 4.79 Å². The maximum absolute atomic E-state index is 11.1. The van der Waals surface area contributed by atoms with Crippen molar-refractivity contribution in [3.8, 4) is 11.4 Å². The van der Waals surface area contributed by atoms with Crippen molar-refractivity contribution in [1.82, 2.24) is 9.78 Å². The van der Waals surface area contributed by atoms with Gasteiger partial charge in [0, 0.05) is 7.11 Å². The molecule has 0 N–H and O–H groups in total. The molecule has 0 unspecified atom stereocenters. The highest BCUT2D eigenvalue weighted by Gasteiger charge is 2.16. The number of hydrogen-bond acceptors (Lipinski definition) is 4. The second-order valence-electron chi connectivity index (χ2n) is 3.81. The van der Waals surface area contributed by atoms with Gasteiger partial charge in [0.05, 0.1) is 25.0 Å². The normalized spacial score (nSPS) is 10.5. The first-order valence-corrected chi connectivity index (χ1v) is 5.95. The Morgan fingerprint density at radius 3 is 2.53 bits per heavy atom. The topological polar surface area (TPSA) is 53.4 Å². The summed E-state index contributed by atoms with van der Waals surface area (Å²) in [6.45, 7) is 0.233. The molecule has 0 saturated carbocycles. The fraction of sp³-hybridized carbons (Fsp3) is 0.231. The van der Waals surface area contributed by atoms with Crippen LogP contribution in [0.3, 0.4) is 0 Å². The number of nitrogens with zero attached hydrogens (tertiary/aromatic N) is 2. The Kier molecular flexibility index (Phi) is 4.19. The standard InChI is InChI=1S/C13H13ClN2O3/c1-18-8-12-11(7-17)13(14)16(15-12)9-3-5-10(19-2)6-4-9/h3-7H,8H2,1-2H3. The number of benzene rings is 1. The fourth-order valence-corrected chi connectivity index (χ4v) is 2.00. The Labute approximate surface area is 115 Å². The number of ether oxygens (including phenoxy) is 2. The van der Waals surface area contributed by atoms with Crippen LogP contribution in [0.4, 0.5) is 0 Å². The van der Waals surface area contributed by atoms with Crippen LogP contribution in [-0.4, -0.2) is 30.3 Å². The number of carbonyl (C=O) groups excluding carboxylic acids is 1. The summed E-state index contributed by atoms with van der Waals surface area (Å²) >= 11 is 6.16. The first-order chi connectivity index (χ1) is 9.21. The second kappa shape index (κ2) is 5.86. The minimum atomic E-state index is 0.233. The van der Waals surface area contributed by atoms with E-state index < -0.39 is 0 Å². The van der Waals surface area contributed by atoms with Gasteiger partial charge in [-0.05, 0) is 24.3 Å². The van der Waals surface area contributed by atoms with Crippen LogP contribution in [0.1, 0.15) is 16.1 Å². The molecule has 0 aliphatic rings. The van der Waals surface area contributed by atoms with Crippen molar-refractivity contribution in [3.05, 3.63) is 40.7 Å². The third-order valence-corrected chi connectivity index (χ3v) is 3.02. The molecule has 0 spiro atoms. The van der Waals surface area contributed by atoms with Crippen LogP contribution in [0.25, 0.3) is 5.69 Å². The predicted octanol–water partition coefficient (Wildman–Crippen LogP) is 2.49. The number of aldehydes is 1. The van der Waals surface area contributed by atoms with Gasteiger partial charge in [-0.1, -0.05) is 11.6 Å². The lowest BCUT2D eigenvalue weighted by Crippen LogP contribution is -1.98. The summed E-state index contributed by atoms with van der Waals surface area (Å²) in [4.78, 5) is 11.1. The monoisotopic (exact) mass is 280 g/mol. The largest absolute Gasteiger partial charge is 0.497 e. The van der Waals surface area contributed by atoms with Crippen molar-refractivity contribution in [3.63, 3.8) is 0 Å². The van der Waals surface area contributed by atoms with Gasteiger partial charge in [0.15, 0.2) is 6.29 Å². The maximum Gasteiger partial charge on any atom is 0.155 e. The van der Waals surface area contributed by atoms with Gasteiger partial charge in [-0.2, -0.15) is 5.10 Å². The van der Waals surface area contributed by atoms with Crippen molar-refractivity contribution < 1.29 is 14.3 Å². The summed E-state index contributed by atoms with van der Waals surface area (Å²) in [6, 6.07) is 7.21. The van der Waals surface area contributed by atoms with Gasteiger partial charge in [-0.15, -0.1) is 0 Å². The summed E-state index contributed by atoms with van der Waals surface area (Å²) in [5, 5.41) is 4.55. The SMILES string of the molecule is COCc1nn(-c2ccc(OC)cc2)c(Cl)c1C=O. The van der Waals surface area contributed by atoms with Gasteiger partial charge >= 0.3 is 0 Å². The summed E-state index contributed by atoms with van der Waals surface area (Å²) < 4.78 is 11.6. The van der Waals surface area contributed by atoms with E-state index in [1.165, 1.54) is 11.8 Å². The van der Waals surface area contributed by atoms with Crippen LogP contribution in [0.15, 0.2) is 24.3 Å². The predicted molar refractivity (Wildman–Crippen MR) is 71.2 cm³/mol. The average Bonchev–Trinajstić information content (AvgIpc) is 2.75. The second-order valence-corrected chi connectivity index (χ2v) is 4.17. The Morgan fingerprint density at radius 2 is 2.00 bits per heavy atom. The number of aromatic nitrogens is 2. The molecule has 6 heteroatoms. The third kappa shape index (κ3) is 2.62. The van der Waals surface area contributed by atoms with Crippen LogP contribution in [0.2, 0.25) is 5.15 Å². The van der Waals surface area contributed by atoms with Crippen LogP contribution in [0.5, 0.6) is 5.75 Å². The number of carbonyl (C=O) groups is 1. The smallest absolute Gasteiger partial charge is 0.155 e. The van der Waals surface area contributed by atoms with Gasteiger partial charge < -0.3 is 9.47 Å². The van der Waals surface area contributed by atoms with E-state index in [0.717, 1.165) is 11.4 Å². The van der Waals surface area contributed by atoms with Gasteiger partial charge in [-0.25, -0.2) is 4.68 Å². The number of methoxy groups -OCH3 is 2. The molecule has 0 saturated heterocycles. The summed E-state index contributed by atoms with van der Waals surface area (Å²) in [7, 11) is 3.13. The Balaban J connectivity index is 2.46. The lowest BCUT2D eigenvalue weighted by molar-refractivity contribution is 0.111. The molecule has 1 aromatic heterocycles. The highest BCUT2D eigenvalue weighted by molar-refractivity contribution is 6.32. The molecule has 1 heterocycles. The van der Waals surface area contributed by atoms with E-state index in [9.17, 15) is 4.79 Å². The van der Waals surface area contributed by atoms with Crippen molar-refractivity contribution in [2.75, 3.05) is 14.2 Å². The zero-order chi connectivity index (χ0) is 13.8. The molecule has 0 fully saturated rings. The highest BCUT2D eigenvalue weighted by atomic mass is 35.5. The molecule has 19 heavy (non-hydrogen) atoms. The maximum atomic E-state index is 11.1. The molecule has 0 aliphatic carbocycles. The molecule has 5 nitrogen and oxygen atoms in total. The van der Waals surface area contributed by atoms with Crippen molar-refractivity contribution >= 4 is 17.9 Å². The molecule has 0 radical (unpaired) electrons. The minimum Gasteiger partial charge on any atom is -0.497 e. The zero-order valence-corrected chi connectivity index (χ0v) is 11.3. The van der Waals surface area contributed by atoms with Crippen molar-refractivity contribution in [1.29, 1.82) is 0 Å². The quantitative estimate of drug-likeness (QED) is 0.790. The Hall–Kier alpha value is -1.85. The first-order valence-electron chi connectivity index (χ1n) is 5.57. The zero-order valence-electron chi connectivity index (χ0n) is 10.6. The molecule has 0 atom stereocenters. The molecule has 100 valence electrons. The summed E-state index contributed by atoms with van der Waals surface area (Å²) in [5.74, 6) is 0.736. The molecular formula is C13H13ClN2O3. The molecule has 2 rings (SSSR count). The molecular weight excluding hydrogens is 268 g/mol. The van der Waals surface area contributed by atoms with Crippen molar-refractivity contribution in [2.45, 2.75) is 6.61 Å². The lowest BCUT2D eigenvalue weighted by atomic mass is 10.3. The van der Waals surface area contributed by atoms with E-state index in [-0.39, 0.29) is 11.8 Å². The molecule has 0 amide bonds. The van der Waals surface area contributed by atoms with Crippen molar-refractivity contribution in [2.24, 2.45) is 0 Å². The molecule has 0 bridgehead atoms. The first kappa shape index (κ1) is 13.6. The number of halogens is 1. The Morgan fingerprint density at radius 1 is 1.32 bits per heavy atom. The van der Waals surface area contributed by atoms with Gasteiger partial charge in [0.2, 0.25) is 0 Å². The molecule has 2 aromatic rings. The van der Waals surface area contributed by atoms with Crippen LogP contribution in [-0.2, 0) is 11.3 Å². The van der Waals surface area contributed by atoms with Crippen LogP contribution < -0.4 is 4.74 Å². The summed E-state index contributed by atoms with van der Waals surface area (Å²) in [6.07, 6.45) is 0.684. The van der Waals surface area contributed by atoms with E-state index in [1.54, 1.807) is 19.2 Å².